The number of nitrogens with zero attached hydrogens (tertiary/aromatic N) is 1. The van der Waals surface area contributed by atoms with Crippen LogP contribution in [0.3, 0.4) is 0 Å². The molecule has 0 radical (unpaired) electrons. The van der Waals surface area contributed by atoms with Crippen LogP contribution < -0.4 is 4.72 Å². The van der Waals surface area contributed by atoms with Crippen LogP contribution in [0, 0.1) is 17.6 Å². The lowest BCUT2D eigenvalue weighted by Gasteiger charge is -2.31. The molecule has 1 N–H and O–H groups in total. The number of benzene rings is 1. The van der Waals surface area contributed by atoms with Gasteiger partial charge < -0.3 is 4.90 Å². The van der Waals surface area contributed by atoms with Crippen LogP contribution in [0.2, 0.25) is 0 Å². The molecule has 1 aliphatic heterocycles. The molecule has 0 aliphatic carbocycles. The lowest BCUT2D eigenvalue weighted by atomic mass is 10.0. The maximum atomic E-state index is 13.5. The fraction of sp³-hybridized carbons (Fsp3) is 0.533. The van der Waals surface area contributed by atoms with E-state index in [1.165, 1.54) is 0 Å². The van der Waals surface area contributed by atoms with Crippen LogP contribution in [-0.4, -0.2) is 38.9 Å². The zero-order chi connectivity index (χ0) is 17.0. The first-order valence-electron chi connectivity index (χ1n) is 7.52. The average molecular weight is 346 g/mol. The minimum absolute atomic E-state index is 0.0110. The van der Waals surface area contributed by atoms with Gasteiger partial charge in [0.15, 0.2) is 11.6 Å². The predicted octanol–water partition coefficient (Wildman–Crippen LogP) is 1.89. The number of hydrogen-bond acceptors (Lipinski definition) is 3. The Morgan fingerprint density at radius 3 is 2.83 bits per heavy atom. The van der Waals surface area contributed by atoms with Crippen LogP contribution in [0.1, 0.15) is 26.2 Å². The van der Waals surface area contributed by atoms with Crippen molar-refractivity contribution in [2.24, 2.45) is 5.92 Å². The van der Waals surface area contributed by atoms with Crippen molar-refractivity contribution in [3.63, 3.8) is 0 Å². The van der Waals surface area contributed by atoms with E-state index in [-0.39, 0.29) is 18.9 Å². The molecule has 0 spiro atoms. The van der Waals surface area contributed by atoms with Gasteiger partial charge in [-0.25, -0.2) is 21.9 Å². The number of rotatable bonds is 5. The molecule has 1 unspecified atom stereocenters. The molecule has 1 amide bonds. The van der Waals surface area contributed by atoms with Gasteiger partial charge in [-0.3, -0.25) is 4.79 Å². The number of sulfonamides is 1. The van der Waals surface area contributed by atoms with Gasteiger partial charge in [0, 0.05) is 26.1 Å². The first-order chi connectivity index (χ1) is 10.8. The molecule has 1 aliphatic rings. The van der Waals surface area contributed by atoms with Gasteiger partial charge in [0.1, 0.15) is 4.90 Å². The summed E-state index contributed by atoms with van der Waals surface area (Å²) in [6.07, 6.45) is 2.01. The second-order valence-corrected chi connectivity index (χ2v) is 7.52. The Bertz CT molecular complexity index is 679. The summed E-state index contributed by atoms with van der Waals surface area (Å²) in [6.45, 7) is 3.26. The summed E-state index contributed by atoms with van der Waals surface area (Å²) in [5, 5.41) is 0. The molecule has 8 heteroatoms. The van der Waals surface area contributed by atoms with E-state index >= 15 is 0 Å². The second-order valence-electron chi connectivity index (χ2n) is 5.79. The first-order valence-corrected chi connectivity index (χ1v) is 9.01. The summed E-state index contributed by atoms with van der Waals surface area (Å²) in [4.78, 5) is 13.0. The van der Waals surface area contributed by atoms with Crippen LogP contribution in [0.25, 0.3) is 0 Å². The molecule has 1 heterocycles. The lowest BCUT2D eigenvalue weighted by molar-refractivity contribution is -0.132. The monoisotopic (exact) mass is 346 g/mol. The maximum absolute atomic E-state index is 13.5. The van der Waals surface area contributed by atoms with E-state index in [0.29, 0.717) is 19.0 Å². The number of carbonyl (C=O) groups is 1. The standard InChI is InChI=1S/C15H20F2N2O3S/c1-11-4-3-9-19(10-11)14(20)7-8-18-23(21,22)13-6-2-5-12(16)15(13)17/h2,5-6,11,18H,3-4,7-10H2,1H3. The number of piperidine rings is 1. The number of likely N-dealkylation sites (tertiary alicyclic amines) is 1. The first kappa shape index (κ1) is 17.8. The molecule has 2 rings (SSSR count). The van der Waals surface area contributed by atoms with Gasteiger partial charge in [-0.15, -0.1) is 0 Å². The normalized spacial score (nSPS) is 18.9. The third-order valence-corrected chi connectivity index (χ3v) is 5.32. The van der Waals surface area contributed by atoms with Crippen molar-refractivity contribution in [1.29, 1.82) is 0 Å². The largest absolute Gasteiger partial charge is 0.342 e. The highest BCUT2D eigenvalue weighted by molar-refractivity contribution is 7.89. The molecule has 1 fully saturated rings. The zero-order valence-corrected chi connectivity index (χ0v) is 13.7. The molecular formula is C15H20F2N2O3S. The molecule has 0 bridgehead atoms. The van der Waals surface area contributed by atoms with Crippen molar-refractivity contribution in [3.05, 3.63) is 29.8 Å². The van der Waals surface area contributed by atoms with Crippen molar-refractivity contribution < 1.29 is 22.0 Å². The molecule has 5 nitrogen and oxygen atoms in total. The summed E-state index contributed by atoms with van der Waals surface area (Å²) in [5.41, 5.74) is 0. The Balaban J connectivity index is 1.92. The van der Waals surface area contributed by atoms with Gasteiger partial charge >= 0.3 is 0 Å². The summed E-state index contributed by atoms with van der Waals surface area (Å²) >= 11 is 0. The fourth-order valence-electron chi connectivity index (χ4n) is 2.64. The van der Waals surface area contributed by atoms with E-state index in [4.69, 9.17) is 0 Å². The molecule has 1 saturated heterocycles. The van der Waals surface area contributed by atoms with E-state index in [9.17, 15) is 22.0 Å². The minimum Gasteiger partial charge on any atom is -0.342 e. The number of nitrogens with one attached hydrogen (secondary N) is 1. The Morgan fingerprint density at radius 1 is 1.39 bits per heavy atom. The van der Waals surface area contributed by atoms with Gasteiger partial charge in [0.05, 0.1) is 0 Å². The Labute approximate surface area is 134 Å². The van der Waals surface area contributed by atoms with Crippen molar-refractivity contribution in [1.82, 2.24) is 9.62 Å². The van der Waals surface area contributed by atoms with Gasteiger partial charge in [-0.05, 0) is 30.9 Å². The smallest absolute Gasteiger partial charge is 0.243 e. The highest BCUT2D eigenvalue weighted by Gasteiger charge is 2.23. The van der Waals surface area contributed by atoms with Crippen LogP contribution in [0.15, 0.2) is 23.1 Å². The van der Waals surface area contributed by atoms with Crippen molar-refractivity contribution in [3.8, 4) is 0 Å². The highest BCUT2D eigenvalue weighted by atomic mass is 32.2. The van der Waals surface area contributed by atoms with Crippen molar-refractivity contribution in [2.75, 3.05) is 19.6 Å². The van der Waals surface area contributed by atoms with Crippen molar-refractivity contribution >= 4 is 15.9 Å². The minimum atomic E-state index is -4.19. The molecule has 1 aromatic rings. The molecule has 128 valence electrons. The van der Waals surface area contributed by atoms with Gasteiger partial charge in [-0.1, -0.05) is 13.0 Å². The topological polar surface area (TPSA) is 66.5 Å². The Kier molecular flexibility index (Phi) is 5.69. The predicted molar refractivity (Wildman–Crippen MR) is 81.1 cm³/mol. The van der Waals surface area contributed by atoms with Crippen LogP contribution >= 0.6 is 0 Å². The van der Waals surface area contributed by atoms with Crippen LogP contribution in [-0.2, 0) is 14.8 Å². The fourth-order valence-corrected chi connectivity index (χ4v) is 3.75. The third kappa shape index (κ3) is 4.48. The summed E-state index contributed by atoms with van der Waals surface area (Å²) in [5.74, 6) is -2.35. The molecule has 1 atom stereocenters. The second kappa shape index (κ2) is 7.35. The number of halogens is 2. The Morgan fingerprint density at radius 2 is 2.13 bits per heavy atom. The Hall–Kier alpha value is -1.54. The van der Waals surface area contributed by atoms with Crippen LogP contribution in [0.5, 0.6) is 0 Å². The number of amides is 1. The molecule has 1 aromatic carbocycles. The molecule has 23 heavy (non-hydrogen) atoms. The van der Waals surface area contributed by atoms with Gasteiger partial charge in [0.25, 0.3) is 0 Å². The zero-order valence-electron chi connectivity index (χ0n) is 12.9. The quantitative estimate of drug-likeness (QED) is 0.885. The molecule has 0 saturated carbocycles. The highest BCUT2D eigenvalue weighted by Crippen LogP contribution is 2.18. The number of carbonyl (C=O) groups excluding carboxylic acids is 1. The molecule has 0 aromatic heterocycles. The van der Waals surface area contributed by atoms with Gasteiger partial charge in [-0.2, -0.15) is 0 Å². The number of hydrogen-bond donors (Lipinski definition) is 1. The van der Waals surface area contributed by atoms with E-state index in [2.05, 4.69) is 11.6 Å². The van der Waals surface area contributed by atoms with E-state index in [1.807, 2.05) is 0 Å². The van der Waals surface area contributed by atoms with E-state index in [0.717, 1.165) is 31.0 Å². The van der Waals surface area contributed by atoms with E-state index < -0.39 is 26.6 Å². The van der Waals surface area contributed by atoms with E-state index in [1.54, 1.807) is 4.90 Å². The lowest BCUT2D eigenvalue weighted by Crippen LogP contribution is -2.40. The summed E-state index contributed by atoms with van der Waals surface area (Å²) < 4.78 is 52.7. The maximum Gasteiger partial charge on any atom is 0.243 e. The summed E-state index contributed by atoms with van der Waals surface area (Å²) in [7, 11) is -4.19. The molecular weight excluding hydrogens is 326 g/mol. The van der Waals surface area contributed by atoms with Crippen LogP contribution in [0.4, 0.5) is 8.78 Å². The summed E-state index contributed by atoms with van der Waals surface area (Å²) in [6, 6.07) is 2.94. The third-order valence-electron chi connectivity index (χ3n) is 3.85. The SMILES string of the molecule is CC1CCCN(C(=O)CCNS(=O)(=O)c2cccc(F)c2F)C1. The average Bonchev–Trinajstić information content (AvgIpc) is 2.49. The van der Waals surface area contributed by atoms with Gasteiger partial charge in [0.2, 0.25) is 15.9 Å². The van der Waals surface area contributed by atoms with Crippen molar-refractivity contribution in [2.45, 2.75) is 31.1 Å².